The fourth-order valence-electron chi connectivity index (χ4n) is 1.79. The molecule has 1 aliphatic rings. The molecule has 0 spiro atoms. The first kappa shape index (κ1) is 12.6. The molecule has 1 aromatic heterocycles. The third kappa shape index (κ3) is 2.51. The van der Waals surface area contributed by atoms with Crippen LogP contribution in [0.1, 0.15) is 10.5 Å². The molecule has 0 aromatic carbocycles. The Morgan fingerprint density at radius 1 is 1.56 bits per heavy atom. The highest BCUT2D eigenvalue weighted by Gasteiger charge is 2.30. The van der Waals surface area contributed by atoms with Crippen LogP contribution in [0, 0.1) is 0 Å². The molecule has 1 aliphatic heterocycles. The summed E-state index contributed by atoms with van der Waals surface area (Å²) in [5, 5.41) is 0. The molecule has 0 radical (unpaired) electrons. The van der Waals surface area contributed by atoms with E-state index in [-0.39, 0.29) is 12.5 Å². The smallest absolute Gasteiger partial charge is 0.336 e. The first-order valence-electron chi connectivity index (χ1n) is 5.58. The SMILES string of the molecule is COC(=O)C1CN(C(=O)c2cn(C)cn2)CCO1. The van der Waals surface area contributed by atoms with E-state index in [9.17, 15) is 9.59 Å². The molecule has 18 heavy (non-hydrogen) atoms. The molecule has 2 heterocycles. The number of morpholine rings is 1. The standard InChI is InChI=1S/C11H15N3O4/c1-13-5-8(12-7-13)10(15)14-3-4-18-9(6-14)11(16)17-2/h5,7,9H,3-4,6H2,1-2H3. The number of aromatic nitrogens is 2. The van der Waals surface area contributed by atoms with Gasteiger partial charge in [-0.2, -0.15) is 0 Å². The Hall–Kier alpha value is -1.89. The molecular weight excluding hydrogens is 238 g/mol. The summed E-state index contributed by atoms with van der Waals surface area (Å²) in [5.74, 6) is -0.665. The van der Waals surface area contributed by atoms with Crippen LogP contribution in [-0.4, -0.2) is 59.2 Å². The van der Waals surface area contributed by atoms with Gasteiger partial charge in [0.05, 0.1) is 26.6 Å². The molecule has 7 nitrogen and oxygen atoms in total. The molecule has 2 rings (SSSR count). The molecule has 0 N–H and O–H groups in total. The molecule has 1 unspecified atom stereocenters. The van der Waals surface area contributed by atoms with Crippen molar-refractivity contribution in [3.8, 4) is 0 Å². The normalized spacial score (nSPS) is 19.7. The van der Waals surface area contributed by atoms with Crippen molar-refractivity contribution in [1.29, 1.82) is 0 Å². The maximum Gasteiger partial charge on any atom is 0.336 e. The number of hydrogen-bond donors (Lipinski definition) is 0. The van der Waals surface area contributed by atoms with Crippen LogP contribution in [0.25, 0.3) is 0 Å². The summed E-state index contributed by atoms with van der Waals surface area (Å²) in [5.41, 5.74) is 0.364. The van der Waals surface area contributed by atoms with E-state index in [2.05, 4.69) is 9.72 Å². The van der Waals surface area contributed by atoms with E-state index in [1.165, 1.54) is 7.11 Å². The minimum absolute atomic E-state index is 0.197. The van der Waals surface area contributed by atoms with E-state index < -0.39 is 12.1 Å². The Labute approximate surface area is 104 Å². The zero-order valence-corrected chi connectivity index (χ0v) is 10.3. The maximum absolute atomic E-state index is 12.1. The second kappa shape index (κ2) is 5.18. The van der Waals surface area contributed by atoms with Gasteiger partial charge < -0.3 is 18.9 Å². The van der Waals surface area contributed by atoms with Gasteiger partial charge in [0.2, 0.25) is 0 Å². The van der Waals surface area contributed by atoms with E-state index in [1.54, 1.807) is 29.0 Å². The van der Waals surface area contributed by atoms with Crippen LogP contribution < -0.4 is 0 Å². The number of ether oxygens (including phenoxy) is 2. The monoisotopic (exact) mass is 253 g/mol. The van der Waals surface area contributed by atoms with Gasteiger partial charge in [0.15, 0.2) is 6.10 Å². The van der Waals surface area contributed by atoms with Crippen molar-refractivity contribution < 1.29 is 19.1 Å². The number of carbonyl (C=O) groups excluding carboxylic acids is 2. The molecule has 1 fully saturated rings. The van der Waals surface area contributed by atoms with Gasteiger partial charge in [-0.1, -0.05) is 0 Å². The molecule has 1 atom stereocenters. The number of imidazole rings is 1. The Morgan fingerprint density at radius 2 is 2.33 bits per heavy atom. The van der Waals surface area contributed by atoms with Crippen molar-refractivity contribution in [2.45, 2.75) is 6.10 Å². The average molecular weight is 253 g/mol. The van der Waals surface area contributed by atoms with Gasteiger partial charge in [-0.15, -0.1) is 0 Å². The van der Waals surface area contributed by atoms with E-state index in [4.69, 9.17) is 4.74 Å². The van der Waals surface area contributed by atoms with Gasteiger partial charge in [-0.05, 0) is 0 Å². The van der Waals surface area contributed by atoms with Crippen molar-refractivity contribution in [2.24, 2.45) is 7.05 Å². The Bertz CT molecular complexity index is 457. The van der Waals surface area contributed by atoms with E-state index in [1.807, 2.05) is 0 Å². The number of aryl methyl sites for hydroxylation is 1. The minimum atomic E-state index is -0.712. The van der Waals surface area contributed by atoms with Crippen LogP contribution in [0.5, 0.6) is 0 Å². The maximum atomic E-state index is 12.1. The molecule has 1 aromatic rings. The van der Waals surface area contributed by atoms with Crippen molar-refractivity contribution in [3.63, 3.8) is 0 Å². The lowest BCUT2D eigenvalue weighted by molar-refractivity contribution is -0.158. The van der Waals surface area contributed by atoms with E-state index >= 15 is 0 Å². The Kier molecular flexibility index (Phi) is 3.61. The lowest BCUT2D eigenvalue weighted by Gasteiger charge is -2.30. The topological polar surface area (TPSA) is 73.7 Å². The van der Waals surface area contributed by atoms with E-state index in [0.29, 0.717) is 18.8 Å². The van der Waals surface area contributed by atoms with E-state index in [0.717, 1.165) is 0 Å². The number of nitrogens with zero attached hydrogens (tertiary/aromatic N) is 3. The quantitative estimate of drug-likeness (QED) is 0.660. The highest BCUT2D eigenvalue weighted by atomic mass is 16.6. The summed E-state index contributed by atoms with van der Waals surface area (Å²) in [7, 11) is 3.09. The van der Waals surface area contributed by atoms with Crippen molar-refractivity contribution in [3.05, 3.63) is 18.2 Å². The number of hydrogen-bond acceptors (Lipinski definition) is 5. The highest BCUT2D eigenvalue weighted by molar-refractivity contribution is 5.92. The zero-order valence-electron chi connectivity index (χ0n) is 10.3. The summed E-state index contributed by atoms with van der Waals surface area (Å²) in [6.45, 7) is 0.962. The average Bonchev–Trinajstić information content (AvgIpc) is 2.83. The van der Waals surface area contributed by atoms with Crippen LogP contribution in [0.15, 0.2) is 12.5 Å². The van der Waals surface area contributed by atoms with Crippen LogP contribution in [-0.2, 0) is 21.3 Å². The summed E-state index contributed by atoms with van der Waals surface area (Å²) in [6, 6.07) is 0. The van der Waals surface area contributed by atoms with Crippen LogP contribution in [0.4, 0.5) is 0 Å². The second-order valence-corrected chi connectivity index (χ2v) is 4.06. The van der Waals surface area contributed by atoms with Gasteiger partial charge >= 0.3 is 5.97 Å². The first-order chi connectivity index (χ1) is 8.61. The summed E-state index contributed by atoms with van der Waals surface area (Å²) < 4.78 is 11.6. The predicted molar refractivity (Wildman–Crippen MR) is 60.9 cm³/mol. The fourth-order valence-corrected chi connectivity index (χ4v) is 1.79. The fraction of sp³-hybridized carbons (Fsp3) is 0.545. The first-order valence-corrected chi connectivity index (χ1v) is 5.58. The van der Waals surface area contributed by atoms with Gasteiger partial charge in [-0.25, -0.2) is 9.78 Å². The Balaban J connectivity index is 2.05. The van der Waals surface area contributed by atoms with Gasteiger partial charge in [0.25, 0.3) is 5.91 Å². The highest BCUT2D eigenvalue weighted by Crippen LogP contribution is 2.10. The summed E-state index contributed by atoms with van der Waals surface area (Å²) >= 11 is 0. The molecule has 1 amide bonds. The molecule has 1 saturated heterocycles. The number of carbonyl (C=O) groups is 2. The van der Waals surface area contributed by atoms with Crippen LogP contribution >= 0.6 is 0 Å². The number of rotatable bonds is 2. The number of esters is 1. The van der Waals surface area contributed by atoms with Crippen molar-refractivity contribution >= 4 is 11.9 Å². The zero-order chi connectivity index (χ0) is 13.1. The van der Waals surface area contributed by atoms with Crippen LogP contribution in [0.2, 0.25) is 0 Å². The summed E-state index contributed by atoms with van der Waals surface area (Å²) in [6.07, 6.45) is 2.49. The lowest BCUT2D eigenvalue weighted by atomic mass is 10.2. The second-order valence-electron chi connectivity index (χ2n) is 4.06. The predicted octanol–water partition coefficient (Wildman–Crippen LogP) is -0.566. The molecular formula is C11H15N3O4. The van der Waals surface area contributed by atoms with Crippen LogP contribution in [0.3, 0.4) is 0 Å². The number of amides is 1. The van der Waals surface area contributed by atoms with Crippen molar-refractivity contribution in [1.82, 2.24) is 14.5 Å². The molecule has 0 saturated carbocycles. The largest absolute Gasteiger partial charge is 0.467 e. The van der Waals surface area contributed by atoms with Gasteiger partial charge in [0.1, 0.15) is 5.69 Å². The third-order valence-corrected chi connectivity index (χ3v) is 2.74. The van der Waals surface area contributed by atoms with Crippen molar-refractivity contribution in [2.75, 3.05) is 26.8 Å². The summed E-state index contributed by atoms with van der Waals surface area (Å²) in [4.78, 5) is 29.0. The molecule has 0 aliphatic carbocycles. The van der Waals surface area contributed by atoms with Gasteiger partial charge in [0, 0.05) is 19.8 Å². The third-order valence-electron chi connectivity index (χ3n) is 2.74. The number of methoxy groups -OCH3 is 1. The molecule has 0 bridgehead atoms. The van der Waals surface area contributed by atoms with Gasteiger partial charge in [-0.3, -0.25) is 4.79 Å². The lowest BCUT2D eigenvalue weighted by Crippen LogP contribution is -2.49. The molecule has 7 heteroatoms. The Morgan fingerprint density at radius 3 is 2.94 bits per heavy atom. The molecule has 98 valence electrons. The minimum Gasteiger partial charge on any atom is -0.467 e.